The van der Waals surface area contributed by atoms with E-state index in [0.29, 0.717) is 11.8 Å². The van der Waals surface area contributed by atoms with Gasteiger partial charge >= 0.3 is 0 Å². The number of aromatic nitrogens is 2. The number of hydrogen-bond donors (Lipinski definition) is 0. The maximum Gasteiger partial charge on any atom is 0.135 e. The van der Waals surface area contributed by atoms with Gasteiger partial charge < -0.3 is 13.6 Å². The molecule has 12 rings (SSSR count). The highest BCUT2D eigenvalue weighted by atomic mass is 16.3. The quantitative estimate of drug-likeness (QED) is 0.172. The normalized spacial score (nSPS) is 15.5. The van der Waals surface area contributed by atoms with Crippen LogP contribution >= 0.6 is 0 Å². The molecule has 2 atom stereocenters. The van der Waals surface area contributed by atoms with Crippen LogP contribution in [0.25, 0.3) is 99.2 Å². The molecule has 0 amide bonds. The fraction of sp³-hybridized carbons (Fsp3) is 0.0545. The first kappa shape index (κ1) is 32.8. The molecule has 2 unspecified atom stereocenters. The number of hydrogen-bond acceptors (Lipinski definition) is 1. The van der Waals surface area contributed by atoms with E-state index in [-0.39, 0.29) is 0 Å². The maximum atomic E-state index is 6.19. The summed E-state index contributed by atoms with van der Waals surface area (Å²) in [6, 6.07) is 64.4. The van der Waals surface area contributed by atoms with Crippen LogP contribution in [-0.2, 0) is 0 Å². The zero-order chi connectivity index (χ0) is 38.3. The molecule has 1 aliphatic carbocycles. The molecule has 0 bridgehead atoms. The van der Waals surface area contributed by atoms with Gasteiger partial charge in [-0.3, -0.25) is 0 Å². The van der Waals surface area contributed by atoms with Gasteiger partial charge in [-0.05, 0) is 107 Å². The number of fused-ring (bicyclic) bond motifs is 9. The molecule has 274 valence electrons. The highest BCUT2D eigenvalue weighted by molar-refractivity contribution is 6.13. The summed E-state index contributed by atoms with van der Waals surface area (Å²) >= 11 is 0. The molecule has 0 N–H and O–H groups in total. The summed E-state index contributed by atoms with van der Waals surface area (Å²) in [7, 11) is 0. The first-order chi connectivity index (χ1) is 28.7. The van der Waals surface area contributed by atoms with Crippen LogP contribution in [0.2, 0.25) is 0 Å². The minimum atomic E-state index is 0.307. The summed E-state index contributed by atoms with van der Waals surface area (Å²) in [5, 5.41) is 7.23. The molecule has 11 aromatic rings. The molecule has 0 fully saturated rings. The average molecular weight is 743 g/mol. The number of allylic oxidation sites excluding steroid dienone is 4. The monoisotopic (exact) mass is 742 g/mol. The van der Waals surface area contributed by atoms with Crippen molar-refractivity contribution in [3.05, 3.63) is 206 Å². The van der Waals surface area contributed by atoms with Crippen molar-refractivity contribution < 1.29 is 4.42 Å². The zero-order valence-corrected chi connectivity index (χ0v) is 32.0. The van der Waals surface area contributed by atoms with E-state index in [4.69, 9.17) is 4.42 Å². The second kappa shape index (κ2) is 12.8. The summed E-state index contributed by atoms with van der Waals surface area (Å²) in [4.78, 5) is 0. The Balaban J connectivity index is 1.02. The Labute approximate surface area is 336 Å². The summed E-state index contributed by atoms with van der Waals surface area (Å²) in [6.07, 6.45) is 9.04. The molecule has 0 spiro atoms. The van der Waals surface area contributed by atoms with E-state index >= 15 is 0 Å². The second-order valence-electron chi connectivity index (χ2n) is 15.8. The van der Waals surface area contributed by atoms with Gasteiger partial charge in [-0.2, -0.15) is 0 Å². The molecule has 1 aliphatic rings. The van der Waals surface area contributed by atoms with E-state index in [1.54, 1.807) is 0 Å². The molecular weight excluding hydrogens is 705 g/mol. The molecule has 8 aromatic carbocycles. The van der Waals surface area contributed by atoms with E-state index in [0.717, 1.165) is 27.6 Å². The Morgan fingerprint density at radius 1 is 0.379 bits per heavy atom. The maximum absolute atomic E-state index is 6.19. The largest absolute Gasteiger partial charge is 0.456 e. The number of furan rings is 1. The van der Waals surface area contributed by atoms with E-state index in [2.05, 4.69) is 204 Å². The molecule has 3 heterocycles. The van der Waals surface area contributed by atoms with Crippen LogP contribution in [0.3, 0.4) is 0 Å². The predicted molar refractivity (Wildman–Crippen MR) is 243 cm³/mol. The summed E-state index contributed by atoms with van der Waals surface area (Å²) < 4.78 is 11.1. The zero-order valence-electron chi connectivity index (χ0n) is 32.0. The fourth-order valence-corrected chi connectivity index (χ4v) is 9.60. The first-order valence-corrected chi connectivity index (χ1v) is 20.2. The van der Waals surface area contributed by atoms with Gasteiger partial charge in [-0.1, -0.05) is 134 Å². The molecule has 3 heteroatoms. The van der Waals surface area contributed by atoms with E-state index < -0.39 is 0 Å². The van der Waals surface area contributed by atoms with Gasteiger partial charge in [-0.15, -0.1) is 0 Å². The van der Waals surface area contributed by atoms with Crippen molar-refractivity contribution in [2.75, 3.05) is 0 Å². The smallest absolute Gasteiger partial charge is 0.135 e. The molecule has 58 heavy (non-hydrogen) atoms. The fourth-order valence-electron chi connectivity index (χ4n) is 9.60. The third-order valence-electron chi connectivity index (χ3n) is 12.4. The Morgan fingerprint density at radius 2 is 0.966 bits per heavy atom. The van der Waals surface area contributed by atoms with Gasteiger partial charge in [0, 0.05) is 49.6 Å². The Morgan fingerprint density at radius 3 is 1.67 bits per heavy atom. The van der Waals surface area contributed by atoms with Crippen LogP contribution in [0, 0.1) is 5.92 Å². The summed E-state index contributed by atoms with van der Waals surface area (Å²) in [5.41, 5.74) is 15.1. The van der Waals surface area contributed by atoms with Gasteiger partial charge in [0.1, 0.15) is 11.2 Å². The highest BCUT2D eigenvalue weighted by Gasteiger charge is 2.21. The Hall–Kier alpha value is -7.36. The van der Waals surface area contributed by atoms with E-state index in [1.165, 1.54) is 77.1 Å². The summed E-state index contributed by atoms with van der Waals surface area (Å²) in [5.74, 6) is 0.720. The molecule has 3 nitrogen and oxygen atoms in total. The SMILES string of the molecule is CC1C=CC=CC1c1cc(-c2ccccc2)cc(-n2c3ccccc3c3cc(-c4ccc5c(c4)c4ccccc4n5-c4ccc5oc6ccccc6c5c4)ccc32)c1. The Kier molecular flexibility index (Phi) is 7.27. The topological polar surface area (TPSA) is 23.0 Å². The van der Waals surface area contributed by atoms with Crippen LogP contribution < -0.4 is 0 Å². The first-order valence-electron chi connectivity index (χ1n) is 20.2. The van der Waals surface area contributed by atoms with Crippen LogP contribution in [0.4, 0.5) is 0 Å². The lowest BCUT2D eigenvalue weighted by atomic mass is 9.83. The molecule has 3 aromatic heterocycles. The van der Waals surface area contributed by atoms with Crippen molar-refractivity contribution in [2.24, 2.45) is 5.92 Å². The molecule has 0 saturated carbocycles. The lowest BCUT2D eigenvalue weighted by molar-refractivity contribution is 0.635. The lowest BCUT2D eigenvalue weighted by Crippen LogP contribution is -2.08. The van der Waals surface area contributed by atoms with Gasteiger partial charge in [-0.25, -0.2) is 0 Å². The predicted octanol–water partition coefficient (Wildman–Crippen LogP) is 15.0. The number of rotatable bonds is 5. The van der Waals surface area contributed by atoms with Crippen molar-refractivity contribution >= 4 is 65.6 Å². The molecule has 0 saturated heterocycles. The third kappa shape index (κ3) is 5.06. The van der Waals surface area contributed by atoms with E-state index in [9.17, 15) is 0 Å². The number of benzene rings is 8. The van der Waals surface area contributed by atoms with Crippen LogP contribution in [0.15, 0.2) is 205 Å². The average Bonchev–Trinajstić information content (AvgIpc) is 3.93. The molecular formula is C55H38N2O. The van der Waals surface area contributed by atoms with Gasteiger partial charge in [0.15, 0.2) is 0 Å². The van der Waals surface area contributed by atoms with Crippen LogP contribution in [0.1, 0.15) is 18.4 Å². The summed E-state index contributed by atoms with van der Waals surface area (Å²) in [6.45, 7) is 2.32. The minimum Gasteiger partial charge on any atom is -0.456 e. The van der Waals surface area contributed by atoms with Gasteiger partial charge in [0.25, 0.3) is 0 Å². The standard InChI is InChI=1S/C55H38N2O/c1-35-13-5-6-16-43(35)40-29-39(36-14-3-2-4-15-36)30-42(31-40)57-51-21-11-8-18-45(51)48-33-38(24-27-53(48)57)37-23-26-52-47(32-37)44-17-7-10-20-50(44)56(52)41-25-28-55-49(34-41)46-19-9-12-22-54(46)58-55/h2-35,43H,1H3. The second-order valence-corrected chi connectivity index (χ2v) is 15.8. The molecule has 0 aliphatic heterocycles. The van der Waals surface area contributed by atoms with Gasteiger partial charge in [0.2, 0.25) is 0 Å². The highest BCUT2D eigenvalue weighted by Crippen LogP contribution is 2.41. The van der Waals surface area contributed by atoms with Crippen molar-refractivity contribution in [1.29, 1.82) is 0 Å². The minimum absolute atomic E-state index is 0.307. The Bertz CT molecular complexity index is 3480. The number of para-hydroxylation sites is 3. The third-order valence-corrected chi connectivity index (χ3v) is 12.4. The van der Waals surface area contributed by atoms with Crippen molar-refractivity contribution in [2.45, 2.75) is 12.8 Å². The molecule has 0 radical (unpaired) electrons. The van der Waals surface area contributed by atoms with Crippen molar-refractivity contribution in [3.8, 4) is 33.6 Å². The lowest BCUT2D eigenvalue weighted by Gasteiger charge is -2.23. The number of nitrogens with zero attached hydrogens (tertiary/aromatic N) is 2. The van der Waals surface area contributed by atoms with Crippen LogP contribution in [-0.4, -0.2) is 9.13 Å². The van der Waals surface area contributed by atoms with E-state index in [1.807, 2.05) is 12.1 Å². The van der Waals surface area contributed by atoms with Crippen molar-refractivity contribution in [1.82, 2.24) is 9.13 Å². The van der Waals surface area contributed by atoms with Gasteiger partial charge in [0.05, 0.1) is 22.1 Å². The van der Waals surface area contributed by atoms with Crippen LogP contribution in [0.5, 0.6) is 0 Å². The van der Waals surface area contributed by atoms with Crippen molar-refractivity contribution in [3.63, 3.8) is 0 Å².